The van der Waals surface area contributed by atoms with Crippen LogP contribution in [0.25, 0.3) is 0 Å². The van der Waals surface area contributed by atoms with E-state index in [0.717, 1.165) is 25.7 Å². The Hall–Kier alpha value is -1.67. The lowest BCUT2D eigenvalue weighted by atomic mass is 9.82. The van der Waals surface area contributed by atoms with Gasteiger partial charge in [0.1, 0.15) is 11.8 Å². The van der Waals surface area contributed by atoms with Crippen molar-refractivity contribution in [3.63, 3.8) is 0 Å². The van der Waals surface area contributed by atoms with Crippen LogP contribution in [0.15, 0.2) is 12.3 Å². The van der Waals surface area contributed by atoms with Crippen molar-refractivity contribution < 1.29 is 5.11 Å². The molecule has 1 fully saturated rings. The quantitative estimate of drug-likeness (QED) is 0.824. The van der Waals surface area contributed by atoms with Gasteiger partial charge < -0.3 is 10.4 Å². The standard InChI is InChI=1S/C12H16N4O/c13-8-10-4-7-14-11(15-10)16-12(9-17)5-2-1-3-6-12/h4,7,17H,1-3,5-6,9H2,(H,14,15,16). The summed E-state index contributed by atoms with van der Waals surface area (Å²) in [5.41, 5.74) is 0.0261. The van der Waals surface area contributed by atoms with Crippen molar-refractivity contribution in [1.82, 2.24) is 9.97 Å². The van der Waals surface area contributed by atoms with Gasteiger partial charge in [0.2, 0.25) is 5.95 Å². The first-order valence-corrected chi connectivity index (χ1v) is 5.90. The maximum atomic E-state index is 9.55. The first kappa shape index (κ1) is 11.8. The van der Waals surface area contributed by atoms with Crippen LogP contribution in [0.4, 0.5) is 5.95 Å². The van der Waals surface area contributed by atoms with E-state index >= 15 is 0 Å². The van der Waals surface area contributed by atoms with E-state index in [0.29, 0.717) is 11.6 Å². The number of aliphatic hydroxyl groups excluding tert-OH is 1. The van der Waals surface area contributed by atoms with Crippen molar-refractivity contribution in [2.45, 2.75) is 37.6 Å². The summed E-state index contributed by atoms with van der Waals surface area (Å²) in [5, 5.41) is 21.5. The number of hydrogen-bond acceptors (Lipinski definition) is 5. The molecule has 0 atom stereocenters. The van der Waals surface area contributed by atoms with Crippen LogP contribution in [0.1, 0.15) is 37.8 Å². The third kappa shape index (κ3) is 2.71. The zero-order chi connectivity index (χ0) is 12.1. The number of aromatic nitrogens is 2. The zero-order valence-corrected chi connectivity index (χ0v) is 9.69. The fourth-order valence-corrected chi connectivity index (χ4v) is 2.27. The molecule has 5 nitrogen and oxygen atoms in total. The Morgan fingerprint density at radius 3 is 2.82 bits per heavy atom. The lowest BCUT2D eigenvalue weighted by Crippen LogP contribution is -2.44. The van der Waals surface area contributed by atoms with E-state index in [-0.39, 0.29) is 12.1 Å². The molecular weight excluding hydrogens is 216 g/mol. The highest BCUT2D eigenvalue weighted by Gasteiger charge is 2.31. The van der Waals surface area contributed by atoms with Gasteiger partial charge in [0.15, 0.2) is 0 Å². The second-order valence-corrected chi connectivity index (χ2v) is 4.50. The molecule has 0 spiro atoms. The molecule has 17 heavy (non-hydrogen) atoms. The van der Waals surface area contributed by atoms with Crippen LogP contribution < -0.4 is 5.32 Å². The van der Waals surface area contributed by atoms with Gasteiger partial charge in [0, 0.05) is 6.20 Å². The number of rotatable bonds is 3. The largest absolute Gasteiger partial charge is 0.394 e. The summed E-state index contributed by atoms with van der Waals surface area (Å²) < 4.78 is 0. The molecule has 1 aromatic heterocycles. The van der Waals surface area contributed by atoms with Crippen molar-refractivity contribution in [2.75, 3.05) is 11.9 Å². The van der Waals surface area contributed by atoms with Crippen molar-refractivity contribution in [3.8, 4) is 6.07 Å². The summed E-state index contributed by atoms with van der Waals surface area (Å²) in [6, 6.07) is 3.55. The highest BCUT2D eigenvalue weighted by atomic mass is 16.3. The van der Waals surface area contributed by atoms with Crippen LogP contribution in [-0.2, 0) is 0 Å². The normalized spacial score (nSPS) is 18.4. The van der Waals surface area contributed by atoms with Crippen LogP contribution >= 0.6 is 0 Å². The number of nitrogens with one attached hydrogen (secondary N) is 1. The molecule has 2 N–H and O–H groups in total. The Labute approximate surface area is 101 Å². The number of nitriles is 1. The van der Waals surface area contributed by atoms with Gasteiger partial charge in [0.05, 0.1) is 12.1 Å². The summed E-state index contributed by atoms with van der Waals surface area (Å²) >= 11 is 0. The van der Waals surface area contributed by atoms with Gasteiger partial charge in [-0.2, -0.15) is 5.26 Å². The second-order valence-electron chi connectivity index (χ2n) is 4.50. The molecule has 0 bridgehead atoms. The first-order chi connectivity index (χ1) is 8.28. The molecule has 1 aliphatic rings. The smallest absolute Gasteiger partial charge is 0.224 e. The molecular formula is C12H16N4O. The Bertz CT molecular complexity index is 421. The minimum absolute atomic E-state index is 0.0765. The number of nitrogens with zero attached hydrogens (tertiary/aromatic N) is 3. The number of aliphatic hydroxyl groups is 1. The van der Waals surface area contributed by atoms with Gasteiger partial charge in [0.25, 0.3) is 0 Å². The predicted octanol–water partition coefficient (Wildman–Crippen LogP) is 1.46. The SMILES string of the molecule is N#Cc1ccnc(NC2(CO)CCCCC2)n1. The average molecular weight is 232 g/mol. The molecule has 1 saturated carbocycles. The van der Waals surface area contributed by atoms with Gasteiger partial charge in [-0.25, -0.2) is 9.97 Å². The van der Waals surface area contributed by atoms with Crippen LogP contribution in [0.2, 0.25) is 0 Å². The highest BCUT2D eigenvalue weighted by molar-refractivity contribution is 5.33. The van der Waals surface area contributed by atoms with E-state index in [4.69, 9.17) is 5.26 Å². The average Bonchev–Trinajstić information content (AvgIpc) is 2.40. The van der Waals surface area contributed by atoms with E-state index in [1.165, 1.54) is 6.42 Å². The fraction of sp³-hybridized carbons (Fsp3) is 0.583. The molecule has 90 valence electrons. The van der Waals surface area contributed by atoms with Crippen molar-refractivity contribution in [2.24, 2.45) is 0 Å². The van der Waals surface area contributed by atoms with Crippen LogP contribution in [-0.4, -0.2) is 27.2 Å². The van der Waals surface area contributed by atoms with Gasteiger partial charge >= 0.3 is 0 Å². The van der Waals surface area contributed by atoms with Gasteiger partial charge in [-0.15, -0.1) is 0 Å². The van der Waals surface area contributed by atoms with E-state index in [2.05, 4.69) is 15.3 Å². The molecule has 0 aromatic carbocycles. The Morgan fingerprint density at radius 2 is 2.18 bits per heavy atom. The fourth-order valence-electron chi connectivity index (χ4n) is 2.27. The molecule has 2 rings (SSSR count). The zero-order valence-electron chi connectivity index (χ0n) is 9.69. The van der Waals surface area contributed by atoms with Crippen molar-refractivity contribution in [3.05, 3.63) is 18.0 Å². The molecule has 0 unspecified atom stereocenters. The number of hydrogen-bond donors (Lipinski definition) is 2. The molecule has 0 radical (unpaired) electrons. The topological polar surface area (TPSA) is 81.8 Å². The molecule has 1 aliphatic carbocycles. The summed E-state index contributed by atoms with van der Waals surface area (Å²) in [4.78, 5) is 8.17. The minimum Gasteiger partial charge on any atom is -0.394 e. The van der Waals surface area contributed by atoms with E-state index in [1.54, 1.807) is 12.3 Å². The predicted molar refractivity (Wildman–Crippen MR) is 63.3 cm³/mol. The Balaban J connectivity index is 2.14. The maximum absolute atomic E-state index is 9.55. The summed E-state index contributed by atoms with van der Waals surface area (Å²) in [6.07, 6.45) is 6.81. The summed E-state index contributed by atoms with van der Waals surface area (Å²) in [7, 11) is 0. The molecule has 1 aromatic rings. The van der Waals surface area contributed by atoms with E-state index in [9.17, 15) is 5.11 Å². The van der Waals surface area contributed by atoms with Crippen molar-refractivity contribution in [1.29, 1.82) is 5.26 Å². The molecule has 0 amide bonds. The molecule has 1 heterocycles. The summed E-state index contributed by atoms with van der Waals surface area (Å²) in [6.45, 7) is 0.0765. The summed E-state index contributed by atoms with van der Waals surface area (Å²) in [5.74, 6) is 0.431. The Kier molecular flexibility index (Phi) is 3.55. The lowest BCUT2D eigenvalue weighted by molar-refractivity contribution is 0.172. The first-order valence-electron chi connectivity index (χ1n) is 5.90. The lowest BCUT2D eigenvalue weighted by Gasteiger charge is -2.36. The van der Waals surface area contributed by atoms with Crippen LogP contribution in [0.3, 0.4) is 0 Å². The van der Waals surface area contributed by atoms with E-state index < -0.39 is 0 Å². The van der Waals surface area contributed by atoms with E-state index in [1.807, 2.05) is 6.07 Å². The van der Waals surface area contributed by atoms with Crippen LogP contribution in [0, 0.1) is 11.3 Å². The highest BCUT2D eigenvalue weighted by Crippen LogP contribution is 2.30. The molecule has 0 saturated heterocycles. The maximum Gasteiger partial charge on any atom is 0.224 e. The van der Waals surface area contributed by atoms with Gasteiger partial charge in [-0.05, 0) is 18.9 Å². The third-order valence-corrected chi connectivity index (χ3v) is 3.26. The van der Waals surface area contributed by atoms with Gasteiger partial charge in [-0.3, -0.25) is 0 Å². The molecule has 0 aliphatic heterocycles. The third-order valence-electron chi connectivity index (χ3n) is 3.26. The second kappa shape index (κ2) is 5.11. The monoisotopic (exact) mass is 232 g/mol. The Morgan fingerprint density at radius 1 is 1.41 bits per heavy atom. The minimum atomic E-state index is -0.313. The number of anilines is 1. The van der Waals surface area contributed by atoms with Crippen LogP contribution in [0.5, 0.6) is 0 Å². The molecule has 5 heteroatoms. The van der Waals surface area contributed by atoms with Gasteiger partial charge in [-0.1, -0.05) is 19.3 Å². The van der Waals surface area contributed by atoms with Crippen molar-refractivity contribution >= 4 is 5.95 Å².